The molecule has 0 N–H and O–H groups in total. The summed E-state index contributed by atoms with van der Waals surface area (Å²) in [5.74, 6) is 0.488. The van der Waals surface area contributed by atoms with Crippen molar-refractivity contribution in [2.45, 2.75) is 13.8 Å². The molecule has 2 aromatic rings. The van der Waals surface area contributed by atoms with E-state index in [1.807, 2.05) is 57.8 Å². The van der Waals surface area contributed by atoms with Crippen LogP contribution in [-0.2, 0) is 11.8 Å². The Hall–Kier alpha value is -1.72. The molecule has 128 valence electrons. The third kappa shape index (κ3) is 4.18. The summed E-state index contributed by atoms with van der Waals surface area (Å²) in [6.45, 7) is 5.57. The Balaban J connectivity index is 0.00000264. The second-order valence-electron chi connectivity index (χ2n) is 5.57. The minimum atomic E-state index is -0.281. The molecule has 1 aromatic heterocycles. The number of halogens is 1. The molecule has 0 amide bonds. The summed E-state index contributed by atoms with van der Waals surface area (Å²) >= 11 is 0. The lowest BCUT2D eigenvalue weighted by molar-refractivity contribution is 0.0527. The van der Waals surface area contributed by atoms with Gasteiger partial charge in [-0.3, -0.25) is 0 Å². The van der Waals surface area contributed by atoms with Crippen molar-refractivity contribution in [3.8, 4) is 5.75 Å². The van der Waals surface area contributed by atoms with Gasteiger partial charge in [-0.1, -0.05) is 0 Å². The number of fused-ring (bicyclic) bond motifs is 1. The van der Waals surface area contributed by atoms with Crippen molar-refractivity contribution >= 4 is 29.3 Å². The predicted molar refractivity (Wildman–Crippen MR) is 94.9 cm³/mol. The molecule has 0 bridgehead atoms. The van der Waals surface area contributed by atoms with Gasteiger partial charge in [-0.05, 0) is 46.1 Å². The van der Waals surface area contributed by atoms with Crippen molar-refractivity contribution in [3.63, 3.8) is 0 Å². The molecular formula is C17H25ClN2O3. The average Bonchev–Trinajstić information content (AvgIpc) is 2.70. The van der Waals surface area contributed by atoms with Gasteiger partial charge in [0.05, 0.1) is 12.2 Å². The fourth-order valence-electron chi connectivity index (χ4n) is 2.45. The van der Waals surface area contributed by atoms with Crippen LogP contribution in [0.4, 0.5) is 0 Å². The van der Waals surface area contributed by atoms with E-state index in [2.05, 4.69) is 4.90 Å². The quantitative estimate of drug-likeness (QED) is 0.758. The third-order valence-electron chi connectivity index (χ3n) is 3.75. The smallest absolute Gasteiger partial charge is 0.340 e. The van der Waals surface area contributed by atoms with Crippen LogP contribution < -0.4 is 4.74 Å². The van der Waals surface area contributed by atoms with E-state index in [-0.39, 0.29) is 18.4 Å². The Morgan fingerprint density at radius 3 is 2.61 bits per heavy atom. The van der Waals surface area contributed by atoms with Crippen LogP contribution in [0.1, 0.15) is 23.0 Å². The van der Waals surface area contributed by atoms with Crippen molar-refractivity contribution in [2.24, 2.45) is 7.05 Å². The normalized spacial score (nSPS) is 10.7. The molecule has 0 atom stereocenters. The summed E-state index contributed by atoms with van der Waals surface area (Å²) in [5, 5.41) is 0.876. The highest BCUT2D eigenvalue weighted by molar-refractivity contribution is 6.06. The number of hydrogen-bond donors (Lipinski definition) is 0. The van der Waals surface area contributed by atoms with Gasteiger partial charge < -0.3 is 18.9 Å². The molecule has 0 fully saturated rings. The topological polar surface area (TPSA) is 43.7 Å². The zero-order valence-electron chi connectivity index (χ0n) is 14.4. The zero-order valence-corrected chi connectivity index (χ0v) is 15.2. The second kappa shape index (κ2) is 8.22. The lowest BCUT2D eigenvalue weighted by atomic mass is 10.1. The maximum absolute atomic E-state index is 12.2. The number of rotatable bonds is 6. The lowest BCUT2D eigenvalue weighted by Gasteiger charge is -2.11. The van der Waals surface area contributed by atoms with E-state index in [0.29, 0.717) is 18.8 Å². The largest absolute Gasteiger partial charge is 0.492 e. The number of esters is 1. The fraction of sp³-hybridized carbons (Fsp3) is 0.471. The van der Waals surface area contributed by atoms with Gasteiger partial charge in [0.2, 0.25) is 0 Å². The summed E-state index contributed by atoms with van der Waals surface area (Å²) in [6, 6.07) is 5.84. The van der Waals surface area contributed by atoms with Crippen molar-refractivity contribution in [1.29, 1.82) is 0 Å². The Morgan fingerprint density at radius 1 is 1.30 bits per heavy atom. The molecule has 1 heterocycles. The first kappa shape index (κ1) is 19.3. The Labute approximate surface area is 143 Å². The van der Waals surface area contributed by atoms with E-state index in [1.54, 1.807) is 0 Å². The first-order valence-electron chi connectivity index (χ1n) is 7.49. The molecule has 0 saturated carbocycles. The van der Waals surface area contributed by atoms with Gasteiger partial charge in [-0.2, -0.15) is 0 Å². The third-order valence-corrected chi connectivity index (χ3v) is 3.75. The lowest BCUT2D eigenvalue weighted by Crippen LogP contribution is -2.19. The number of nitrogens with zero attached hydrogens (tertiary/aromatic N) is 2. The highest BCUT2D eigenvalue weighted by Gasteiger charge is 2.20. The molecule has 0 aliphatic rings. The van der Waals surface area contributed by atoms with Gasteiger partial charge >= 0.3 is 5.97 Å². The molecule has 6 heteroatoms. The molecule has 23 heavy (non-hydrogen) atoms. The van der Waals surface area contributed by atoms with Crippen molar-refractivity contribution in [3.05, 3.63) is 29.5 Å². The molecule has 0 aliphatic heterocycles. The SMILES string of the molecule is CCOC(=O)c1c(C)n(C)c2ccc(OCCN(C)C)cc12.Cl. The molecule has 0 saturated heterocycles. The van der Waals surface area contributed by atoms with E-state index in [1.165, 1.54) is 0 Å². The monoisotopic (exact) mass is 340 g/mol. The fourth-order valence-corrected chi connectivity index (χ4v) is 2.45. The average molecular weight is 341 g/mol. The zero-order chi connectivity index (χ0) is 16.3. The van der Waals surface area contributed by atoms with E-state index in [4.69, 9.17) is 9.47 Å². The molecule has 1 aromatic carbocycles. The number of carbonyl (C=O) groups is 1. The minimum absolute atomic E-state index is 0. The van der Waals surface area contributed by atoms with Crippen molar-refractivity contribution < 1.29 is 14.3 Å². The molecule has 2 rings (SSSR count). The molecule has 0 radical (unpaired) electrons. The van der Waals surface area contributed by atoms with E-state index < -0.39 is 0 Å². The summed E-state index contributed by atoms with van der Waals surface area (Å²) in [4.78, 5) is 14.3. The van der Waals surface area contributed by atoms with E-state index in [0.717, 1.165) is 28.9 Å². The van der Waals surface area contributed by atoms with Crippen LogP contribution in [0.3, 0.4) is 0 Å². The maximum Gasteiger partial charge on any atom is 0.340 e. The first-order chi connectivity index (χ1) is 10.5. The van der Waals surface area contributed by atoms with Crippen LogP contribution in [0.15, 0.2) is 18.2 Å². The van der Waals surface area contributed by atoms with Gasteiger partial charge in [0.1, 0.15) is 12.4 Å². The number of aryl methyl sites for hydroxylation is 1. The number of hydrogen-bond acceptors (Lipinski definition) is 4. The van der Waals surface area contributed by atoms with Gasteiger partial charge in [-0.15, -0.1) is 12.4 Å². The van der Waals surface area contributed by atoms with E-state index in [9.17, 15) is 4.79 Å². The molecule has 5 nitrogen and oxygen atoms in total. The van der Waals surface area contributed by atoms with Crippen LogP contribution in [0.5, 0.6) is 5.75 Å². The van der Waals surface area contributed by atoms with E-state index >= 15 is 0 Å². The number of carbonyl (C=O) groups excluding carboxylic acids is 1. The van der Waals surface area contributed by atoms with Crippen LogP contribution in [0.2, 0.25) is 0 Å². The highest BCUT2D eigenvalue weighted by Crippen LogP contribution is 2.29. The number of benzene rings is 1. The summed E-state index contributed by atoms with van der Waals surface area (Å²) in [6.07, 6.45) is 0. The minimum Gasteiger partial charge on any atom is -0.492 e. The van der Waals surface area contributed by atoms with Gasteiger partial charge in [-0.25, -0.2) is 4.79 Å². The molecule has 0 aliphatic carbocycles. The van der Waals surface area contributed by atoms with Crippen LogP contribution in [0.25, 0.3) is 10.9 Å². The van der Waals surface area contributed by atoms with Crippen LogP contribution in [0, 0.1) is 6.92 Å². The Morgan fingerprint density at radius 2 is 2.00 bits per heavy atom. The van der Waals surface area contributed by atoms with Crippen molar-refractivity contribution in [1.82, 2.24) is 9.47 Å². The van der Waals surface area contributed by atoms with Gasteiger partial charge in [0, 0.05) is 30.2 Å². The highest BCUT2D eigenvalue weighted by atomic mass is 35.5. The number of aromatic nitrogens is 1. The molecule has 0 spiro atoms. The maximum atomic E-state index is 12.2. The Kier molecular flexibility index (Phi) is 6.91. The molecular weight excluding hydrogens is 316 g/mol. The predicted octanol–water partition coefficient (Wildman–Crippen LogP) is 3.03. The van der Waals surface area contributed by atoms with Gasteiger partial charge in [0.15, 0.2) is 0 Å². The second-order valence-corrected chi connectivity index (χ2v) is 5.57. The Bertz CT molecular complexity index is 680. The molecule has 0 unspecified atom stereocenters. The number of likely N-dealkylation sites (N-methyl/N-ethyl adjacent to an activating group) is 1. The summed E-state index contributed by atoms with van der Waals surface area (Å²) in [5.41, 5.74) is 2.52. The standard InChI is InChI=1S/C17H24N2O3.ClH/c1-6-21-17(20)16-12(2)19(5)15-8-7-13(11-14(15)16)22-10-9-18(3)4;/h7-8,11H,6,9-10H2,1-5H3;1H. The van der Waals surface area contributed by atoms with Crippen LogP contribution in [-0.4, -0.2) is 49.3 Å². The first-order valence-corrected chi connectivity index (χ1v) is 7.49. The van der Waals surface area contributed by atoms with Crippen molar-refractivity contribution in [2.75, 3.05) is 33.9 Å². The summed E-state index contributed by atoms with van der Waals surface area (Å²) < 4.78 is 13.0. The number of ether oxygens (including phenoxy) is 2. The summed E-state index contributed by atoms with van der Waals surface area (Å²) in [7, 11) is 5.96. The van der Waals surface area contributed by atoms with Gasteiger partial charge in [0.25, 0.3) is 0 Å². The van der Waals surface area contributed by atoms with Crippen LogP contribution >= 0.6 is 12.4 Å².